The van der Waals surface area contributed by atoms with E-state index in [2.05, 4.69) is 0 Å². The lowest BCUT2D eigenvalue weighted by Gasteiger charge is -2.17. The van der Waals surface area contributed by atoms with E-state index in [4.69, 9.17) is 0 Å². The minimum Gasteiger partial charge on any atom is -0.393 e. The molecular weight excluding hydrogens is 222 g/mol. The average molecular weight is 237 g/mol. The van der Waals surface area contributed by atoms with E-state index >= 15 is 0 Å². The van der Waals surface area contributed by atoms with Gasteiger partial charge in [0.15, 0.2) is 0 Å². The van der Waals surface area contributed by atoms with E-state index in [1.807, 2.05) is 22.4 Å². The largest absolute Gasteiger partial charge is 0.393 e. The van der Waals surface area contributed by atoms with E-state index in [0.717, 1.165) is 30.8 Å². The Morgan fingerprint density at radius 3 is 3.00 bits per heavy atom. The second-order valence-corrected chi connectivity index (χ2v) is 5.70. The first-order valence-electron chi connectivity index (χ1n) is 5.76. The Morgan fingerprint density at radius 2 is 2.31 bits per heavy atom. The topological polar surface area (TPSA) is 40.5 Å². The molecule has 86 valence electrons. The van der Waals surface area contributed by atoms with Gasteiger partial charge in [-0.25, -0.2) is 0 Å². The number of hydrogen-bond donors (Lipinski definition) is 1. The number of thiophene rings is 1. The lowest BCUT2D eigenvalue weighted by molar-refractivity contribution is 0.0757. The van der Waals surface area contributed by atoms with Crippen molar-refractivity contribution in [3.05, 3.63) is 22.4 Å². The van der Waals surface area contributed by atoms with Gasteiger partial charge in [0.05, 0.1) is 11.0 Å². The summed E-state index contributed by atoms with van der Waals surface area (Å²) < 4.78 is 0. The van der Waals surface area contributed by atoms with Crippen molar-refractivity contribution < 1.29 is 9.90 Å². The quantitative estimate of drug-likeness (QED) is 0.806. The highest BCUT2D eigenvalue weighted by atomic mass is 32.1. The molecule has 3 atom stereocenters. The van der Waals surface area contributed by atoms with Crippen LogP contribution in [0.25, 0.3) is 0 Å². The number of amides is 1. The second-order valence-electron chi connectivity index (χ2n) is 4.76. The van der Waals surface area contributed by atoms with Crippen LogP contribution in [0.1, 0.15) is 22.5 Å². The summed E-state index contributed by atoms with van der Waals surface area (Å²) in [6, 6.07) is 3.78. The number of carbonyl (C=O) groups is 1. The zero-order valence-electron chi connectivity index (χ0n) is 9.00. The van der Waals surface area contributed by atoms with Crippen LogP contribution in [0.2, 0.25) is 0 Å². The maximum absolute atomic E-state index is 12.1. The molecule has 2 aliphatic rings. The lowest BCUT2D eigenvalue weighted by Crippen LogP contribution is -2.30. The first-order valence-corrected chi connectivity index (χ1v) is 6.64. The maximum Gasteiger partial charge on any atom is 0.263 e. The molecule has 1 saturated heterocycles. The van der Waals surface area contributed by atoms with Gasteiger partial charge in [-0.05, 0) is 30.2 Å². The van der Waals surface area contributed by atoms with Gasteiger partial charge in [0, 0.05) is 19.0 Å². The van der Waals surface area contributed by atoms with Crippen molar-refractivity contribution in [2.45, 2.75) is 18.9 Å². The van der Waals surface area contributed by atoms with Crippen LogP contribution in [0.4, 0.5) is 0 Å². The van der Waals surface area contributed by atoms with Crippen molar-refractivity contribution in [1.29, 1.82) is 0 Å². The van der Waals surface area contributed by atoms with Gasteiger partial charge in [-0.2, -0.15) is 0 Å². The Labute approximate surface area is 98.7 Å². The molecule has 4 heteroatoms. The highest BCUT2D eigenvalue weighted by molar-refractivity contribution is 7.12. The first kappa shape index (κ1) is 10.3. The molecule has 3 nitrogen and oxygen atoms in total. The SMILES string of the molecule is O=C(c1cccs1)N1CC2CCC(O)C2C1. The number of fused-ring (bicyclic) bond motifs is 1. The van der Waals surface area contributed by atoms with Crippen LogP contribution in [-0.4, -0.2) is 35.1 Å². The van der Waals surface area contributed by atoms with Crippen molar-refractivity contribution in [3.8, 4) is 0 Å². The Morgan fingerprint density at radius 1 is 1.44 bits per heavy atom. The smallest absolute Gasteiger partial charge is 0.263 e. The monoisotopic (exact) mass is 237 g/mol. The van der Waals surface area contributed by atoms with Crippen molar-refractivity contribution in [2.24, 2.45) is 11.8 Å². The number of rotatable bonds is 1. The van der Waals surface area contributed by atoms with E-state index in [-0.39, 0.29) is 12.0 Å². The number of carbonyl (C=O) groups excluding carboxylic acids is 1. The fraction of sp³-hybridized carbons (Fsp3) is 0.583. The predicted octanol–water partition coefficient (Wildman–Crippen LogP) is 1.59. The molecule has 0 aromatic carbocycles. The molecule has 1 aliphatic heterocycles. The fourth-order valence-electron chi connectivity index (χ4n) is 2.96. The third-order valence-corrected chi connectivity index (χ3v) is 4.70. The zero-order chi connectivity index (χ0) is 11.1. The Kier molecular flexibility index (Phi) is 2.48. The summed E-state index contributed by atoms with van der Waals surface area (Å²) in [5, 5.41) is 11.7. The average Bonchev–Trinajstić information content (AvgIpc) is 2.96. The number of hydrogen-bond acceptors (Lipinski definition) is 3. The standard InChI is InChI=1S/C12H15NO2S/c14-10-4-3-8-6-13(7-9(8)10)12(15)11-2-1-5-16-11/h1-2,5,8-10,14H,3-4,6-7H2. The number of nitrogens with zero attached hydrogens (tertiary/aromatic N) is 1. The Balaban J connectivity index is 1.73. The highest BCUT2D eigenvalue weighted by Crippen LogP contribution is 2.38. The first-order chi connectivity index (χ1) is 7.75. The van der Waals surface area contributed by atoms with Crippen LogP contribution in [0, 0.1) is 11.8 Å². The molecule has 1 saturated carbocycles. The van der Waals surface area contributed by atoms with Gasteiger partial charge < -0.3 is 10.0 Å². The van der Waals surface area contributed by atoms with Crippen molar-refractivity contribution >= 4 is 17.2 Å². The lowest BCUT2D eigenvalue weighted by atomic mass is 10.00. The third kappa shape index (κ3) is 1.57. The highest BCUT2D eigenvalue weighted by Gasteiger charge is 2.43. The summed E-state index contributed by atoms with van der Waals surface area (Å²) in [6.45, 7) is 1.57. The Bertz CT molecular complexity index is 390. The molecule has 2 heterocycles. The summed E-state index contributed by atoms with van der Waals surface area (Å²) >= 11 is 1.49. The van der Waals surface area contributed by atoms with E-state index in [0.29, 0.717) is 11.8 Å². The number of likely N-dealkylation sites (tertiary alicyclic amines) is 1. The third-order valence-electron chi connectivity index (χ3n) is 3.84. The number of aliphatic hydroxyl groups excluding tert-OH is 1. The van der Waals surface area contributed by atoms with Crippen molar-refractivity contribution in [1.82, 2.24) is 4.90 Å². The van der Waals surface area contributed by atoms with Crippen LogP contribution in [0.15, 0.2) is 17.5 Å². The molecular formula is C12H15NO2S. The van der Waals surface area contributed by atoms with E-state index in [9.17, 15) is 9.90 Å². The van der Waals surface area contributed by atoms with Gasteiger partial charge in [0.25, 0.3) is 5.91 Å². The minimum absolute atomic E-state index is 0.136. The molecule has 1 aliphatic carbocycles. The number of aliphatic hydroxyl groups is 1. The molecule has 0 bridgehead atoms. The van der Waals surface area contributed by atoms with Gasteiger partial charge in [-0.3, -0.25) is 4.79 Å². The van der Waals surface area contributed by atoms with E-state index in [1.165, 1.54) is 11.3 Å². The van der Waals surface area contributed by atoms with Crippen molar-refractivity contribution in [2.75, 3.05) is 13.1 Å². The van der Waals surface area contributed by atoms with Crippen LogP contribution >= 0.6 is 11.3 Å². The zero-order valence-corrected chi connectivity index (χ0v) is 9.82. The van der Waals surface area contributed by atoms with Gasteiger partial charge in [0.1, 0.15) is 0 Å². The van der Waals surface area contributed by atoms with E-state index < -0.39 is 0 Å². The molecule has 0 spiro atoms. The van der Waals surface area contributed by atoms with Crippen LogP contribution in [-0.2, 0) is 0 Å². The Hall–Kier alpha value is -0.870. The summed E-state index contributed by atoms with van der Waals surface area (Å²) in [4.78, 5) is 14.8. The minimum atomic E-state index is -0.189. The normalized spacial score (nSPS) is 33.1. The molecule has 0 radical (unpaired) electrons. The summed E-state index contributed by atoms with van der Waals surface area (Å²) in [5.74, 6) is 0.986. The fourth-order valence-corrected chi connectivity index (χ4v) is 3.65. The molecule has 1 amide bonds. The van der Waals surface area contributed by atoms with Crippen molar-refractivity contribution in [3.63, 3.8) is 0 Å². The molecule has 1 aromatic rings. The molecule has 2 fully saturated rings. The molecule has 3 unspecified atom stereocenters. The van der Waals surface area contributed by atoms with Gasteiger partial charge in [-0.15, -0.1) is 11.3 Å². The summed E-state index contributed by atoms with van der Waals surface area (Å²) in [7, 11) is 0. The van der Waals surface area contributed by atoms with Gasteiger partial charge in [0.2, 0.25) is 0 Å². The summed E-state index contributed by atoms with van der Waals surface area (Å²) in [6.07, 6.45) is 1.79. The van der Waals surface area contributed by atoms with E-state index in [1.54, 1.807) is 0 Å². The summed E-state index contributed by atoms with van der Waals surface area (Å²) in [5.41, 5.74) is 0. The van der Waals surface area contributed by atoms with Crippen LogP contribution < -0.4 is 0 Å². The molecule has 16 heavy (non-hydrogen) atoms. The molecule has 3 rings (SSSR count). The predicted molar refractivity (Wildman–Crippen MR) is 62.4 cm³/mol. The molecule has 1 N–H and O–H groups in total. The second kappa shape index (κ2) is 3.86. The maximum atomic E-state index is 12.1. The van der Waals surface area contributed by atoms with Gasteiger partial charge >= 0.3 is 0 Å². The van der Waals surface area contributed by atoms with Crippen LogP contribution in [0.3, 0.4) is 0 Å². The van der Waals surface area contributed by atoms with Crippen LogP contribution in [0.5, 0.6) is 0 Å². The van der Waals surface area contributed by atoms with Gasteiger partial charge in [-0.1, -0.05) is 6.07 Å². The molecule has 1 aromatic heterocycles.